The average Bonchev–Trinajstić information content (AvgIpc) is 2.94. The Bertz CT molecular complexity index is 897. The Hall–Kier alpha value is -2.67. The van der Waals surface area contributed by atoms with E-state index in [0.29, 0.717) is 11.4 Å². The zero-order valence-corrected chi connectivity index (χ0v) is 13.8. The van der Waals surface area contributed by atoms with E-state index >= 15 is 0 Å². The van der Waals surface area contributed by atoms with E-state index in [1.54, 1.807) is 31.4 Å². The molecule has 0 aliphatic rings. The molecule has 0 atom stereocenters. The maximum atomic E-state index is 11.9. The SMILES string of the molecule is COc1ccc(N=Nc2c(-c3cccc(Br)c3)[nH][nH]c2=O)cc1. The Morgan fingerprint density at radius 1 is 1.04 bits per heavy atom. The lowest BCUT2D eigenvalue weighted by Gasteiger charge is -2.00. The van der Waals surface area contributed by atoms with Crippen molar-refractivity contribution in [1.29, 1.82) is 0 Å². The third kappa shape index (κ3) is 3.40. The Labute approximate surface area is 140 Å². The second-order valence-corrected chi connectivity index (χ2v) is 5.63. The minimum atomic E-state index is -0.322. The molecule has 116 valence electrons. The number of nitrogens with zero attached hydrogens (tertiary/aromatic N) is 2. The van der Waals surface area contributed by atoms with Gasteiger partial charge in [-0.1, -0.05) is 28.1 Å². The topological polar surface area (TPSA) is 82.6 Å². The fourth-order valence-corrected chi connectivity index (χ4v) is 2.46. The summed E-state index contributed by atoms with van der Waals surface area (Å²) in [5, 5.41) is 13.6. The molecule has 0 aliphatic carbocycles. The number of H-pyrrole nitrogens is 2. The molecule has 0 fully saturated rings. The molecular formula is C16H13BrN4O2. The van der Waals surface area contributed by atoms with Gasteiger partial charge in [0.15, 0.2) is 5.69 Å². The number of hydrogen-bond acceptors (Lipinski definition) is 4. The third-order valence-electron chi connectivity index (χ3n) is 3.20. The lowest BCUT2D eigenvalue weighted by Crippen LogP contribution is -1.96. The molecule has 0 aliphatic heterocycles. The number of nitrogens with one attached hydrogen (secondary N) is 2. The van der Waals surface area contributed by atoms with Crippen LogP contribution in [0.5, 0.6) is 5.75 Å². The van der Waals surface area contributed by atoms with Crippen molar-refractivity contribution in [3.8, 4) is 17.0 Å². The zero-order chi connectivity index (χ0) is 16.2. The molecule has 0 saturated carbocycles. The molecule has 0 radical (unpaired) electrons. The van der Waals surface area contributed by atoms with E-state index in [2.05, 4.69) is 36.4 Å². The van der Waals surface area contributed by atoms with Gasteiger partial charge < -0.3 is 4.74 Å². The third-order valence-corrected chi connectivity index (χ3v) is 3.70. The molecule has 0 saturated heterocycles. The first-order valence-electron chi connectivity index (χ1n) is 6.80. The lowest BCUT2D eigenvalue weighted by molar-refractivity contribution is 0.415. The predicted octanol–water partition coefficient (Wildman–Crippen LogP) is 4.56. The van der Waals surface area contributed by atoms with E-state index < -0.39 is 0 Å². The van der Waals surface area contributed by atoms with Gasteiger partial charge in [0.1, 0.15) is 5.75 Å². The summed E-state index contributed by atoms with van der Waals surface area (Å²) in [5.41, 5.74) is 1.97. The first-order chi connectivity index (χ1) is 11.2. The van der Waals surface area contributed by atoms with E-state index in [1.807, 2.05) is 24.3 Å². The van der Waals surface area contributed by atoms with Crippen LogP contribution >= 0.6 is 15.9 Å². The van der Waals surface area contributed by atoms with Gasteiger partial charge in [0.2, 0.25) is 0 Å². The number of rotatable bonds is 4. The lowest BCUT2D eigenvalue weighted by atomic mass is 10.1. The molecule has 2 N–H and O–H groups in total. The van der Waals surface area contributed by atoms with Crippen molar-refractivity contribution in [2.45, 2.75) is 0 Å². The van der Waals surface area contributed by atoms with Gasteiger partial charge in [-0.2, -0.15) is 5.11 Å². The van der Waals surface area contributed by atoms with E-state index in [4.69, 9.17) is 4.74 Å². The Morgan fingerprint density at radius 2 is 1.83 bits per heavy atom. The van der Waals surface area contributed by atoms with Crippen LogP contribution in [0.1, 0.15) is 0 Å². The molecular weight excluding hydrogens is 360 g/mol. The summed E-state index contributed by atoms with van der Waals surface area (Å²) in [6, 6.07) is 14.7. The highest BCUT2D eigenvalue weighted by Gasteiger charge is 2.11. The maximum absolute atomic E-state index is 11.9. The van der Waals surface area contributed by atoms with Crippen LogP contribution in [0.3, 0.4) is 0 Å². The minimum Gasteiger partial charge on any atom is -0.497 e. The quantitative estimate of drug-likeness (QED) is 0.658. The van der Waals surface area contributed by atoms with Crippen LogP contribution in [-0.4, -0.2) is 17.3 Å². The monoisotopic (exact) mass is 372 g/mol. The second-order valence-electron chi connectivity index (χ2n) is 4.71. The number of ether oxygens (including phenoxy) is 1. The van der Waals surface area contributed by atoms with Crippen LogP contribution in [0.15, 0.2) is 68.0 Å². The number of azo groups is 1. The number of aromatic nitrogens is 2. The number of halogens is 1. The molecule has 6 nitrogen and oxygen atoms in total. The summed E-state index contributed by atoms with van der Waals surface area (Å²) < 4.78 is 6.00. The van der Waals surface area contributed by atoms with E-state index in [-0.39, 0.29) is 11.2 Å². The Morgan fingerprint density at radius 3 is 2.52 bits per heavy atom. The maximum Gasteiger partial charge on any atom is 0.292 e. The van der Waals surface area contributed by atoms with Crippen LogP contribution in [0.2, 0.25) is 0 Å². The average molecular weight is 373 g/mol. The van der Waals surface area contributed by atoms with Crippen LogP contribution in [0.4, 0.5) is 11.4 Å². The van der Waals surface area contributed by atoms with Gasteiger partial charge in [0.25, 0.3) is 5.56 Å². The van der Waals surface area contributed by atoms with Crippen LogP contribution in [0.25, 0.3) is 11.3 Å². The summed E-state index contributed by atoms with van der Waals surface area (Å²) in [6.45, 7) is 0. The van der Waals surface area contributed by atoms with Crippen LogP contribution < -0.4 is 10.3 Å². The van der Waals surface area contributed by atoms with Gasteiger partial charge >= 0.3 is 0 Å². The van der Waals surface area contributed by atoms with Gasteiger partial charge in [-0.25, -0.2) is 0 Å². The van der Waals surface area contributed by atoms with Crippen molar-refractivity contribution in [3.63, 3.8) is 0 Å². The van der Waals surface area contributed by atoms with E-state index in [1.165, 1.54) is 0 Å². The molecule has 1 aromatic heterocycles. The summed E-state index contributed by atoms with van der Waals surface area (Å²) in [5.74, 6) is 0.735. The first-order valence-corrected chi connectivity index (χ1v) is 7.59. The Balaban J connectivity index is 1.95. The largest absolute Gasteiger partial charge is 0.497 e. The molecule has 0 bridgehead atoms. The minimum absolute atomic E-state index is 0.235. The summed E-state index contributed by atoms with van der Waals surface area (Å²) >= 11 is 3.41. The number of hydrogen-bond donors (Lipinski definition) is 2. The summed E-state index contributed by atoms with van der Waals surface area (Å²) in [6.07, 6.45) is 0. The zero-order valence-electron chi connectivity index (χ0n) is 12.2. The van der Waals surface area contributed by atoms with Gasteiger partial charge in [0.05, 0.1) is 18.5 Å². The van der Waals surface area contributed by atoms with Crippen molar-refractivity contribution >= 4 is 27.3 Å². The molecule has 1 heterocycles. The molecule has 3 aromatic rings. The fourth-order valence-electron chi connectivity index (χ4n) is 2.06. The second kappa shape index (κ2) is 6.62. The van der Waals surface area contributed by atoms with Crippen molar-refractivity contribution in [3.05, 3.63) is 63.4 Å². The smallest absolute Gasteiger partial charge is 0.292 e. The predicted molar refractivity (Wildman–Crippen MR) is 91.7 cm³/mol. The van der Waals surface area contributed by atoms with Gasteiger partial charge in [0, 0.05) is 10.0 Å². The molecule has 0 spiro atoms. The molecule has 0 unspecified atom stereocenters. The number of aromatic amines is 2. The highest BCUT2D eigenvalue weighted by atomic mass is 79.9. The number of benzene rings is 2. The standard InChI is InChI=1S/C16H13BrN4O2/c1-23-13-7-5-12(6-8-13)18-20-15-14(19-21-16(15)22)10-3-2-4-11(17)9-10/h2-9H,1H3,(H2,19,21,22). The molecule has 0 amide bonds. The van der Waals surface area contributed by atoms with Crippen LogP contribution in [-0.2, 0) is 0 Å². The van der Waals surface area contributed by atoms with Crippen molar-refractivity contribution in [2.24, 2.45) is 10.2 Å². The van der Waals surface area contributed by atoms with Gasteiger partial charge in [-0.05, 0) is 36.4 Å². The first kappa shape index (κ1) is 15.2. The van der Waals surface area contributed by atoms with Crippen molar-refractivity contribution in [2.75, 3.05) is 7.11 Å². The summed E-state index contributed by atoms with van der Waals surface area (Å²) in [7, 11) is 1.60. The van der Waals surface area contributed by atoms with Crippen LogP contribution in [0, 0.1) is 0 Å². The molecule has 23 heavy (non-hydrogen) atoms. The van der Waals surface area contributed by atoms with Crippen molar-refractivity contribution in [1.82, 2.24) is 10.2 Å². The van der Waals surface area contributed by atoms with Gasteiger partial charge in [-0.15, -0.1) is 5.11 Å². The molecule has 7 heteroatoms. The fraction of sp³-hybridized carbons (Fsp3) is 0.0625. The summed E-state index contributed by atoms with van der Waals surface area (Å²) in [4.78, 5) is 11.9. The molecule has 3 rings (SSSR count). The number of methoxy groups -OCH3 is 1. The highest BCUT2D eigenvalue weighted by Crippen LogP contribution is 2.28. The Kier molecular flexibility index (Phi) is 4.38. The van der Waals surface area contributed by atoms with E-state index in [9.17, 15) is 4.79 Å². The van der Waals surface area contributed by atoms with E-state index in [0.717, 1.165) is 15.8 Å². The van der Waals surface area contributed by atoms with Crippen molar-refractivity contribution < 1.29 is 4.74 Å². The normalized spacial score (nSPS) is 11.0. The molecule has 2 aromatic carbocycles. The van der Waals surface area contributed by atoms with Gasteiger partial charge in [-0.3, -0.25) is 15.0 Å². The highest BCUT2D eigenvalue weighted by molar-refractivity contribution is 9.10.